The highest BCUT2D eigenvalue weighted by Crippen LogP contribution is 2.44. The molecule has 0 aromatic heterocycles. The van der Waals surface area contributed by atoms with Crippen LogP contribution in [0.3, 0.4) is 0 Å². The van der Waals surface area contributed by atoms with Crippen molar-refractivity contribution in [2.45, 2.75) is 76.7 Å². The molecule has 0 aromatic carbocycles. The minimum Gasteiger partial charge on any atom is -0.481 e. The second-order valence-corrected chi connectivity index (χ2v) is 11.0. The van der Waals surface area contributed by atoms with Gasteiger partial charge >= 0.3 is 31.5 Å². The maximum absolute atomic E-state index is 12.2. The van der Waals surface area contributed by atoms with E-state index in [2.05, 4.69) is 5.32 Å². The fourth-order valence-electron chi connectivity index (χ4n) is 3.58. The Bertz CT molecular complexity index is 895. The summed E-state index contributed by atoms with van der Waals surface area (Å²) < 4.78 is 17.0. The summed E-state index contributed by atoms with van der Waals surface area (Å²) in [4.78, 5) is 78.9. The van der Waals surface area contributed by atoms with Crippen molar-refractivity contribution in [3.05, 3.63) is 0 Å². The monoisotopic (exact) mass is 582 g/mol. The number of nitrogens with two attached hydrogens (primary N) is 1. The molecule has 0 spiro atoms. The van der Waals surface area contributed by atoms with Gasteiger partial charge in [-0.25, -0.2) is 4.79 Å². The van der Waals surface area contributed by atoms with Crippen LogP contribution in [0.25, 0.3) is 0 Å². The van der Waals surface area contributed by atoms with Crippen LogP contribution in [0, 0.1) is 11.8 Å². The second-order valence-electron chi connectivity index (χ2n) is 9.14. The molecular weight excluding hydrogens is 543 g/mol. The summed E-state index contributed by atoms with van der Waals surface area (Å²) in [6.07, 6.45) is -0.503. The van der Waals surface area contributed by atoms with Gasteiger partial charge < -0.3 is 40.9 Å². The lowest BCUT2D eigenvalue weighted by Crippen LogP contribution is -2.41. The molecule has 1 unspecified atom stereocenters. The van der Waals surface area contributed by atoms with Crippen molar-refractivity contribution >= 4 is 43.2 Å². The van der Waals surface area contributed by atoms with Crippen molar-refractivity contribution in [3.8, 4) is 0 Å². The van der Waals surface area contributed by atoms with Gasteiger partial charge in [-0.1, -0.05) is 6.42 Å². The number of carboxylic acids is 4. The van der Waals surface area contributed by atoms with E-state index < -0.39 is 74.4 Å². The van der Waals surface area contributed by atoms with Gasteiger partial charge in [0.25, 0.3) is 0 Å². The van der Waals surface area contributed by atoms with Crippen LogP contribution in [0.4, 0.5) is 0 Å². The van der Waals surface area contributed by atoms with Gasteiger partial charge in [0.15, 0.2) is 0 Å². The number of hydrogen-bond donors (Lipinski definition) is 7. The highest BCUT2D eigenvalue weighted by atomic mass is 31.2. The molecule has 0 aliphatic carbocycles. The van der Waals surface area contributed by atoms with Gasteiger partial charge in [0.2, 0.25) is 5.91 Å². The van der Waals surface area contributed by atoms with Crippen LogP contribution in [0.1, 0.15) is 70.6 Å². The van der Waals surface area contributed by atoms with E-state index in [1.54, 1.807) is 0 Å². The number of carboxylic acid groups (broad SMARTS) is 4. The lowest BCUT2D eigenvalue weighted by Gasteiger charge is -2.18. The van der Waals surface area contributed by atoms with Gasteiger partial charge in [-0.15, -0.1) is 0 Å². The Morgan fingerprint density at radius 2 is 1.38 bits per heavy atom. The maximum atomic E-state index is 12.2. The molecule has 39 heavy (non-hydrogen) atoms. The molecule has 0 radical (unpaired) electrons. The van der Waals surface area contributed by atoms with E-state index in [4.69, 9.17) is 20.5 Å². The van der Waals surface area contributed by atoms with Crippen LogP contribution < -0.4 is 11.1 Å². The summed E-state index contributed by atoms with van der Waals surface area (Å²) >= 11 is 0. The summed E-state index contributed by atoms with van der Waals surface area (Å²) in [6.45, 7) is 0.0597. The summed E-state index contributed by atoms with van der Waals surface area (Å²) in [5, 5.41) is 38.7. The number of amides is 1. The third kappa shape index (κ3) is 18.1. The molecule has 0 saturated heterocycles. The van der Waals surface area contributed by atoms with Crippen LogP contribution >= 0.6 is 7.60 Å². The Kier molecular flexibility index (Phi) is 17.8. The Hall–Kier alpha value is -2.87. The standard InChI is InChI=1S/C23H39N2O13P/c24-11-3-1-2-5-17(26)13-15(21(30)31)7-9-19(27)25-18(23(34)35)6-4-12-38-39(36,37)14-16(22(32)33)8-10-20(28)29/h15-16,18H,1-14,24H2,(H,25,27)(H,28,29)(H,30,31)(H,32,33)(H,34,35)(H,36,37)/t15-,16-,18+/m1/s1. The molecule has 15 nitrogen and oxygen atoms in total. The molecule has 16 heteroatoms. The van der Waals surface area contributed by atoms with Crippen molar-refractivity contribution in [3.63, 3.8) is 0 Å². The average molecular weight is 583 g/mol. The molecule has 8 N–H and O–H groups in total. The zero-order valence-electron chi connectivity index (χ0n) is 21.7. The smallest absolute Gasteiger partial charge is 0.328 e. The predicted octanol–water partition coefficient (Wildman–Crippen LogP) is 1.06. The van der Waals surface area contributed by atoms with Crippen molar-refractivity contribution in [1.82, 2.24) is 5.32 Å². The molecule has 0 aliphatic heterocycles. The van der Waals surface area contributed by atoms with Crippen molar-refractivity contribution in [1.29, 1.82) is 0 Å². The van der Waals surface area contributed by atoms with Gasteiger partial charge in [0, 0.05) is 25.7 Å². The average Bonchev–Trinajstić information content (AvgIpc) is 2.83. The zero-order chi connectivity index (χ0) is 30.0. The van der Waals surface area contributed by atoms with Gasteiger partial charge in [0.05, 0.1) is 24.6 Å². The summed E-state index contributed by atoms with van der Waals surface area (Å²) in [5.41, 5.74) is 5.38. The van der Waals surface area contributed by atoms with E-state index in [1.807, 2.05) is 0 Å². The molecular formula is C23H39N2O13P. The highest BCUT2D eigenvalue weighted by Gasteiger charge is 2.31. The third-order valence-corrected chi connectivity index (χ3v) is 7.26. The van der Waals surface area contributed by atoms with Gasteiger partial charge in [-0.05, 0) is 45.1 Å². The van der Waals surface area contributed by atoms with Crippen molar-refractivity contribution in [2.75, 3.05) is 19.3 Å². The Labute approximate surface area is 225 Å². The first-order chi connectivity index (χ1) is 18.2. The number of carbonyl (C=O) groups is 6. The lowest BCUT2D eigenvalue weighted by molar-refractivity contribution is -0.145. The van der Waals surface area contributed by atoms with E-state index in [0.29, 0.717) is 13.0 Å². The molecule has 0 heterocycles. The van der Waals surface area contributed by atoms with Crippen LogP contribution in [0.5, 0.6) is 0 Å². The topological polar surface area (TPSA) is 268 Å². The highest BCUT2D eigenvalue weighted by molar-refractivity contribution is 7.52. The Morgan fingerprint density at radius 1 is 0.769 bits per heavy atom. The normalized spacial score (nSPS) is 14.9. The first-order valence-electron chi connectivity index (χ1n) is 12.6. The number of ketones is 1. The summed E-state index contributed by atoms with van der Waals surface area (Å²) in [5.74, 6) is -8.90. The largest absolute Gasteiger partial charge is 0.481 e. The molecule has 0 aliphatic rings. The Balaban J connectivity index is 4.66. The number of hydrogen-bond acceptors (Lipinski definition) is 9. The summed E-state index contributed by atoms with van der Waals surface area (Å²) in [6, 6.07) is -1.41. The van der Waals surface area contributed by atoms with Crippen LogP contribution in [-0.4, -0.2) is 86.2 Å². The SMILES string of the molecule is NCCCCCC(=O)C[C@@H](CCC(=O)N[C@@H](CCCOP(=O)(O)C[C@@H](CCC(=O)O)C(=O)O)C(=O)O)C(=O)O. The minimum absolute atomic E-state index is 0.106. The first-order valence-corrected chi connectivity index (χ1v) is 14.3. The number of Topliss-reactive ketones (excluding diaryl/α,β-unsaturated/α-hetero) is 1. The van der Waals surface area contributed by atoms with Crippen molar-refractivity contribution < 1.29 is 63.2 Å². The molecule has 0 saturated carbocycles. The van der Waals surface area contributed by atoms with Gasteiger partial charge in [-0.3, -0.25) is 28.5 Å². The van der Waals surface area contributed by atoms with Crippen LogP contribution in [0.2, 0.25) is 0 Å². The molecule has 0 aromatic rings. The van der Waals surface area contributed by atoms with Crippen LogP contribution in [0.15, 0.2) is 0 Å². The first kappa shape index (κ1) is 36.1. The third-order valence-electron chi connectivity index (χ3n) is 5.77. The molecule has 1 amide bonds. The molecule has 0 fully saturated rings. The lowest BCUT2D eigenvalue weighted by atomic mass is 9.94. The van der Waals surface area contributed by atoms with Gasteiger partial charge in [-0.2, -0.15) is 0 Å². The van der Waals surface area contributed by atoms with E-state index >= 15 is 0 Å². The fourth-order valence-corrected chi connectivity index (χ4v) is 4.99. The maximum Gasteiger partial charge on any atom is 0.328 e. The number of carbonyl (C=O) groups excluding carboxylic acids is 2. The Morgan fingerprint density at radius 3 is 1.92 bits per heavy atom. The fraction of sp³-hybridized carbons (Fsp3) is 0.739. The quantitative estimate of drug-likeness (QED) is 0.0619. The minimum atomic E-state index is -4.42. The van der Waals surface area contributed by atoms with Crippen molar-refractivity contribution in [2.24, 2.45) is 17.6 Å². The number of nitrogens with one attached hydrogen (secondary N) is 1. The number of unbranched alkanes of at least 4 members (excludes halogenated alkanes) is 2. The molecule has 0 bridgehead atoms. The van der Waals surface area contributed by atoms with Crippen LogP contribution in [-0.2, 0) is 37.9 Å². The van der Waals surface area contributed by atoms with E-state index in [9.17, 15) is 48.4 Å². The molecule has 4 atom stereocenters. The zero-order valence-corrected chi connectivity index (χ0v) is 22.6. The molecule has 224 valence electrons. The number of aliphatic carboxylic acids is 4. The predicted molar refractivity (Wildman–Crippen MR) is 135 cm³/mol. The van der Waals surface area contributed by atoms with E-state index in [-0.39, 0.29) is 50.7 Å². The van der Waals surface area contributed by atoms with E-state index in [1.165, 1.54) is 0 Å². The summed E-state index contributed by atoms with van der Waals surface area (Å²) in [7, 11) is -4.42. The number of rotatable bonds is 24. The second kappa shape index (κ2) is 19.2. The van der Waals surface area contributed by atoms with E-state index in [0.717, 1.165) is 12.8 Å². The van der Waals surface area contributed by atoms with Gasteiger partial charge in [0.1, 0.15) is 11.8 Å². The molecule has 0 rings (SSSR count).